The number of nitrogens with zero attached hydrogens (tertiary/aromatic N) is 2. The molecule has 0 spiro atoms. The summed E-state index contributed by atoms with van der Waals surface area (Å²) in [5.41, 5.74) is 0.793. The predicted octanol–water partition coefficient (Wildman–Crippen LogP) is 2.90. The number of hydrogen-bond acceptors (Lipinski definition) is 4. The summed E-state index contributed by atoms with van der Waals surface area (Å²) in [6, 6.07) is 4.94. The van der Waals surface area contributed by atoms with Crippen LogP contribution in [-0.2, 0) is 0 Å². The Labute approximate surface area is 124 Å². The van der Waals surface area contributed by atoms with Crippen molar-refractivity contribution in [2.45, 2.75) is 32.2 Å². The molecule has 21 heavy (non-hydrogen) atoms. The maximum Gasteiger partial charge on any atom is 0.293 e. The van der Waals surface area contributed by atoms with Gasteiger partial charge in [0.2, 0.25) is 0 Å². The van der Waals surface area contributed by atoms with E-state index in [4.69, 9.17) is 0 Å². The van der Waals surface area contributed by atoms with Crippen LogP contribution in [0.5, 0.6) is 0 Å². The minimum Gasteiger partial charge on any atom is -0.376 e. The first-order valence-corrected chi connectivity index (χ1v) is 7.20. The summed E-state index contributed by atoms with van der Waals surface area (Å²) in [5, 5.41) is 14.4. The molecule has 1 fully saturated rings. The minimum atomic E-state index is -0.439. The predicted molar refractivity (Wildman–Crippen MR) is 81.5 cm³/mol. The van der Waals surface area contributed by atoms with Crippen LogP contribution < -0.4 is 5.32 Å². The van der Waals surface area contributed by atoms with E-state index in [0.717, 1.165) is 19.3 Å². The van der Waals surface area contributed by atoms with Crippen LogP contribution in [0.1, 0.15) is 36.5 Å². The van der Waals surface area contributed by atoms with Gasteiger partial charge in [0, 0.05) is 31.8 Å². The quantitative estimate of drug-likeness (QED) is 0.646. The van der Waals surface area contributed by atoms with Crippen LogP contribution in [0, 0.1) is 16.0 Å². The van der Waals surface area contributed by atoms with E-state index in [-0.39, 0.29) is 11.6 Å². The number of amides is 1. The van der Waals surface area contributed by atoms with E-state index in [9.17, 15) is 14.9 Å². The van der Waals surface area contributed by atoms with Gasteiger partial charge >= 0.3 is 0 Å². The summed E-state index contributed by atoms with van der Waals surface area (Å²) in [6.45, 7) is 2.14. The fraction of sp³-hybridized carbons (Fsp3) is 0.533. The molecule has 1 saturated carbocycles. The van der Waals surface area contributed by atoms with Gasteiger partial charge in [-0.1, -0.05) is 13.3 Å². The lowest BCUT2D eigenvalue weighted by Gasteiger charge is -2.12. The number of nitrogens with one attached hydrogen (secondary N) is 1. The van der Waals surface area contributed by atoms with E-state index in [1.807, 2.05) is 0 Å². The van der Waals surface area contributed by atoms with E-state index in [0.29, 0.717) is 23.2 Å². The summed E-state index contributed by atoms with van der Waals surface area (Å²) < 4.78 is 0. The van der Waals surface area contributed by atoms with E-state index in [1.54, 1.807) is 26.2 Å². The lowest BCUT2D eigenvalue weighted by molar-refractivity contribution is -0.384. The van der Waals surface area contributed by atoms with Crippen LogP contribution in [-0.4, -0.2) is 35.9 Å². The molecule has 0 saturated heterocycles. The maximum absolute atomic E-state index is 11.9. The molecule has 2 rings (SSSR count). The number of nitro groups is 1. The Balaban J connectivity index is 2.18. The topological polar surface area (TPSA) is 75.5 Å². The van der Waals surface area contributed by atoms with E-state index in [2.05, 4.69) is 12.2 Å². The number of carbonyl (C=O) groups excluding carboxylic acids is 1. The molecule has 0 heterocycles. The molecule has 1 aliphatic rings. The highest BCUT2D eigenvalue weighted by molar-refractivity contribution is 5.95. The SMILES string of the molecule is CCCC1CC1Nc1ccc(C(=O)N(C)C)cc1[N+](=O)[O-]. The van der Waals surface area contributed by atoms with Crippen molar-refractivity contribution in [3.8, 4) is 0 Å². The molecule has 1 aromatic rings. The first kappa shape index (κ1) is 15.3. The standard InChI is InChI=1S/C15H21N3O3/c1-4-5-10-8-13(10)16-12-7-6-11(15(19)17(2)3)9-14(12)18(20)21/h6-7,9-10,13,16H,4-5,8H2,1-3H3. The third-order valence-corrected chi connectivity index (χ3v) is 3.77. The van der Waals surface area contributed by atoms with Crippen molar-refractivity contribution in [3.63, 3.8) is 0 Å². The minimum absolute atomic E-state index is 0.0372. The van der Waals surface area contributed by atoms with Crippen molar-refractivity contribution in [3.05, 3.63) is 33.9 Å². The number of hydrogen-bond donors (Lipinski definition) is 1. The summed E-state index contributed by atoms with van der Waals surface area (Å²) in [6.07, 6.45) is 3.33. The largest absolute Gasteiger partial charge is 0.376 e. The highest BCUT2D eigenvalue weighted by Crippen LogP contribution is 2.39. The third-order valence-electron chi connectivity index (χ3n) is 3.77. The summed E-state index contributed by atoms with van der Waals surface area (Å²) >= 11 is 0. The molecule has 0 bridgehead atoms. The average molecular weight is 291 g/mol. The Morgan fingerprint density at radius 2 is 2.19 bits per heavy atom. The van der Waals surface area contributed by atoms with Crippen molar-refractivity contribution in [1.82, 2.24) is 4.90 Å². The summed E-state index contributed by atoms with van der Waals surface area (Å²) in [5.74, 6) is 0.373. The molecule has 1 amide bonds. The van der Waals surface area contributed by atoms with Gasteiger partial charge in [0.05, 0.1) is 4.92 Å². The fourth-order valence-electron chi connectivity index (χ4n) is 2.51. The van der Waals surface area contributed by atoms with Crippen molar-refractivity contribution in [2.24, 2.45) is 5.92 Å². The molecular formula is C15H21N3O3. The molecule has 6 nitrogen and oxygen atoms in total. The molecular weight excluding hydrogens is 270 g/mol. The molecule has 1 aliphatic carbocycles. The van der Waals surface area contributed by atoms with E-state index in [1.165, 1.54) is 11.0 Å². The molecule has 6 heteroatoms. The second-order valence-electron chi connectivity index (χ2n) is 5.72. The van der Waals surface area contributed by atoms with Gasteiger partial charge in [-0.2, -0.15) is 0 Å². The van der Waals surface area contributed by atoms with Crippen LogP contribution in [0.2, 0.25) is 0 Å². The van der Waals surface area contributed by atoms with Gasteiger partial charge in [0.15, 0.2) is 0 Å². The first-order valence-electron chi connectivity index (χ1n) is 7.20. The van der Waals surface area contributed by atoms with Crippen molar-refractivity contribution < 1.29 is 9.72 Å². The van der Waals surface area contributed by atoms with E-state index >= 15 is 0 Å². The molecule has 114 valence electrons. The Bertz CT molecular complexity index is 557. The normalized spacial score (nSPS) is 20.0. The van der Waals surface area contributed by atoms with E-state index < -0.39 is 4.92 Å². The smallest absolute Gasteiger partial charge is 0.293 e. The van der Waals surface area contributed by atoms with Gasteiger partial charge in [-0.25, -0.2) is 0 Å². The fourth-order valence-corrected chi connectivity index (χ4v) is 2.51. The lowest BCUT2D eigenvalue weighted by atomic mass is 10.1. The molecule has 2 unspecified atom stereocenters. The van der Waals surface area contributed by atoms with Crippen LogP contribution >= 0.6 is 0 Å². The molecule has 1 N–H and O–H groups in total. The molecule has 0 radical (unpaired) electrons. The van der Waals surface area contributed by atoms with Gasteiger partial charge < -0.3 is 10.2 Å². The number of rotatable bonds is 6. The second kappa shape index (κ2) is 6.11. The number of carbonyl (C=O) groups is 1. The highest BCUT2D eigenvalue weighted by Gasteiger charge is 2.37. The Morgan fingerprint density at radius 3 is 2.76 bits per heavy atom. The first-order chi connectivity index (χ1) is 9.93. The molecule has 2 atom stereocenters. The zero-order chi connectivity index (χ0) is 15.6. The number of benzene rings is 1. The van der Waals surface area contributed by atoms with Gasteiger partial charge in [0.1, 0.15) is 5.69 Å². The highest BCUT2D eigenvalue weighted by atomic mass is 16.6. The van der Waals surface area contributed by atoms with Crippen molar-refractivity contribution >= 4 is 17.3 Å². The van der Waals surface area contributed by atoms with Gasteiger partial charge in [-0.05, 0) is 30.9 Å². The van der Waals surface area contributed by atoms with Crippen molar-refractivity contribution in [1.29, 1.82) is 0 Å². The Morgan fingerprint density at radius 1 is 1.48 bits per heavy atom. The summed E-state index contributed by atoms with van der Waals surface area (Å²) in [7, 11) is 3.25. The van der Waals surface area contributed by atoms with Gasteiger partial charge in [-0.3, -0.25) is 14.9 Å². The number of nitro benzene ring substituents is 1. The Hall–Kier alpha value is -2.11. The number of anilines is 1. The second-order valence-corrected chi connectivity index (χ2v) is 5.72. The monoisotopic (exact) mass is 291 g/mol. The van der Waals surface area contributed by atoms with Gasteiger partial charge in [-0.15, -0.1) is 0 Å². The van der Waals surface area contributed by atoms with Crippen LogP contribution in [0.4, 0.5) is 11.4 Å². The molecule has 1 aromatic carbocycles. The zero-order valence-corrected chi connectivity index (χ0v) is 12.6. The lowest BCUT2D eigenvalue weighted by Crippen LogP contribution is -2.21. The summed E-state index contributed by atoms with van der Waals surface area (Å²) in [4.78, 5) is 24.1. The third kappa shape index (κ3) is 3.51. The Kier molecular flexibility index (Phi) is 4.45. The van der Waals surface area contributed by atoms with Crippen LogP contribution in [0.15, 0.2) is 18.2 Å². The maximum atomic E-state index is 11.9. The van der Waals surface area contributed by atoms with Crippen LogP contribution in [0.25, 0.3) is 0 Å². The van der Waals surface area contributed by atoms with Gasteiger partial charge in [0.25, 0.3) is 11.6 Å². The zero-order valence-electron chi connectivity index (χ0n) is 12.6. The van der Waals surface area contributed by atoms with Crippen LogP contribution in [0.3, 0.4) is 0 Å². The molecule has 0 aromatic heterocycles. The average Bonchev–Trinajstić information content (AvgIpc) is 3.16. The molecule has 0 aliphatic heterocycles. The van der Waals surface area contributed by atoms with Crippen molar-refractivity contribution in [2.75, 3.05) is 19.4 Å².